The molecule has 10 heteroatoms. The lowest BCUT2D eigenvalue weighted by Gasteiger charge is -2.19. The summed E-state index contributed by atoms with van der Waals surface area (Å²) in [6, 6.07) is 9.70. The van der Waals surface area contributed by atoms with Crippen LogP contribution in [0.5, 0.6) is 0 Å². The predicted octanol–water partition coefficient (Wildman–Crippen LogP) is 1.75. The monoisotopic (exact) mass is 433 g/mol. The number of nitrogens with zero attached hydrogens (tertiary/aromatic N) is 3. The third-order valence-electron chi connectivity index (χ3n) is 5.08. The van der Waals surface area contributed by atoms with Crippen molar-refractivity contribution >= 4 is 9.84 Å². The van der Waals surface area contributed by atoms with Crippen molar-refractivity contribution in [3.05, 3.63) is 65.2 Å². The molecular formula is C20H23N3O6S. The molecule has 0 amide bonds. The number of likely N-dealkylation sites (tertiary alicyclic amines) is 1. The fraction of sp³-hybridized carbons (Fsp3) is 0.400. The molecule has 1 aliphatic rings. The summed E-state index contributed by atoms with van der Waals surface area (Å²) in [5, 5.41) is 23.1. The minimum Gasteiger partial charge on any atom is -0.462 e. The van der Waals surface area contributed by atoms with Gasteiger partial charge >= 0.3 is 0 Å². The lowest BCUT2D eigenvalue weighted by molar-refractivity contribution is 0.160. The number of aryl methyl sites for hydroxylation is 1. The molecule has 3 heterocycles. The molecule has 4 rings (SSSR count). The van der Waals surface area contributed by atoms with E-state index in [0.717, 1.165) is 5.56 Å². The molecule has 0 unspecified atom stereocenters. The average molecular weight is 433 g/mol. The van der Waals surface area contributed by atoms with Crippen molar-refractivity contribution in [2.24, 2.45) is 0 Å². The first-order valence-electron chi connectivity index (χ1n) is 9.56. The van der Waals surface area contributed by atoms with Crippen LogP contribution in [0.2, 0.25) is 0 Å². The maximum atomic E-state index is 12.6. The Morgan fingerprint density at radius 2 is 1.90 bits per heavy atom. The fourth-order valence-electron chi connectivity index (χ4n) is 3.56. The quantitative estimate of drug-likeness (QED) is 0.572. The molecule has 2 N–H and O–H groups in total. The number of rotatable bonds is 7. The van der Waals surface area contributed by atoms with E-state index in [1.807, 2.05) is 11.8 Å². The summed E-state index contributed by atoms with van der Waals surface area (Å²) < 4.78 is 36.1. The van der Waals surface area contributed by atoms with Crippen LogP contribution < -0.4 is 0 Å². The lowest BCUT2D eigenvalue weighted by atomic mass is 10.2. The number of aromatic nitrogens is 2. The van der Waals surface area contributed by atoms with Gasteiger partial charge < -0.3 is 19.2 Å². The molecule has 2 atom stereocenters. The Morgan fingerprint density at radius 3 is 2.60 bits per heavy atom. The Morgan fingerprint density at radius 1 is 1.17 bits per heavy atom. The number of hydrogen-bond acceptors (Lipinski definition) is 9. The number of aliphatic hydroxyl groups is 2. The van der Waals surface area contributed by atoms with Crippen molar-refractivity contribution in [1.82, 2.24) is 15.0 Å². The molecule has 0 radical (unpaired) electrons. The smallest absolute Gasteiger partial charge is 0.244 e. The Balaban J connectivity index is 1.49. The summed E-state index contributed by atoms with van der Waals surface area (Å²) in [7, 11) is -3.60. The minimum absolute atomic E-state index is 0.0764. The van der Waals surface area contributed by atoms with Gasteiger partial charge in [-0.15, -0.1) is 0 Å². The zero-order chi connectivity index (χ0) is 21.3. The van der Waals surface area contributed by atoms with E-state index in [0.29, 0.717) is 31.0 Å². The van der Waals surface area contributed by atoms with Crippen molar-refractivity contribution in [3.63, 3.8) is 0 Å². The highest BCUT2D eigenvalue weighted by Gasteiger charge is 2.36. The highest BCUT2D eigenvalue weighted by atomic mass is 32.2. The minimum atomic E-state index is -3.60. The van der Waals surface area contributed by atoms with Crippen LogP contribution in [0.1, 0.15) is 41.3 Å². The molecule has 1 aliphatic heterocycles. The van der Waals surface area contributed by atoms with Gasteiger partial charge in [0.1, 0.15) is 23.9 Å². The Kier molecular flexibility index (Phi) is 5.74. The standard InChI is InChI=1S/C20H23N3O6S/c1-13-2-6-17(7-3-13)30(26,27)12-19-21-20(29-22-19)18-8-14(25)9-23(18)10-15-4-5-16(11-24)28-15/h2-7,14,18,24-25H,8-12H2,1H3/t14-,18-/m1/s1. The molecule has 30 heavy (non-hydrogen) atoms. The van der Waals surface area contributed by atoms with Gasteiger partial charge in [-0.1, -0.05) is 22.9 Å². The number of sulfone groups is 1. The summed E-state index contributed by atoms with van der Waals surface area (Å²) >= 11 is 0. The summed E-state index contributed by atoms with van der Waals surface area (Å²) in [4.78, 5) is 6.42. The summed E-state index contributed by atoms with van der Waals surface area (Å²) in [5.74, 6) is 1.07. The van der Waals surface area contributed by atoms with Gasteiger partial charge in [0, 0.05) is 6.54 Å². The molecule has 3 aromatic rings. The van der Waals surface area contributed by atoms with Gasteiger partial charge in [0.2, 0.25) is 5.89 Å². The fourth-order valence-corrected chi connectivity index (χ4v) is 4.74. The molecule has 1 saturated heterocycles. The van der Waals surface area contributed by atoms with Gasteiger partial charge in [0.25, 0.3) is 0 Å². The maximum Gasteiger partial charge on any atom is 0.244 e. The van der Waals surface area contributed by atoms with Crippen LogP contribution in [0.3, 0.4) is 0 Å². The van der Waals surface area contributed by atoms with Gasteiger partial charge in [0.05, 0.1) is 23.6 Å². The van der Waals surface area contributed by atoms with E-state index in [4.69, 9.17) is 14.0 Å². The van der Waals surface area contributed by atoms with E-state index in [1.54, 1.807) is 36.4 Å². The number of β-amino-alcohol motifs (C(OH)–C–C–N with tert-alkyl or cyclic N) is 1. The van der Waals surface area contributed by atoms with Crippen molar-refractivity contribution < 1.29 is 27.6 Å². The second kappa shape index (κ2) is 8.31. The van der Waals surface area contributed by atoms with Crippen LogP contribution in [-0.2, 0) is 28.7 Å². The van der Waals surface area contributed by atoms with Crippen LogP contribution in [0, 0.1) is 6.92 Å². The number of hydrogen-bond donors (Lipinski definition) is 2. The SMILES string of the molecule is Cc1ccc(S(=O)(=O)Cc2noc([C@H]3C[C@@H](O)CN3Cc3ccc(CO)o3)n2)cc1. The van der Waals surface area contributed by atoms with Gasteiger partial charge in [-0.2, -0.15) is 4.98 Å². The van der Waals surface area contributed by atoms with Crippen LogP contribution in [0.4, 0.5) is 0 Å². The molecule has 160 valence electrons. The normalized spacial score (nSPS) is 20.1. The van der Waals surface area contributed by atoms with Crippen molar-refractivity contribution in [2.45, 2.75) is 49.3 Å². The van der Waals surface area contributed by atoms with E-state index in [9.17, 15) is 13.5 Å². The molecule has 1 fully saturated rings. The van der Waals surface area contributed by atoms with Gasteiger partial charge in [-0.3, -0.25) is 4.90 Å². The molecule has 0 saturated carbocycles. The first kappa shape index (κ1) is 20.7. The van der Waals surface area contributed by atoms with Gasteiger partial charge in [0.15, 0.2) is 15.7 Å². The molecule has 0 aliphatic carbocycles. The molecule has 0 spiro atoms. The van der Waals surface area contributed by atoms with Crippen molar-refractivity contribution in [1.29, 1.82) is 0 Å². The highest BCUT2D eigenvalue weighted by Crippen LogP contribution is 2.33. The third kappa shape index (κ3) is 4.46. The first-order chi connectivity index (χ1) is 14.3. The first-order valence-corrected chi connectivity index (χ1v) is 11.2. The van der Waals surface area contributed by atoms with E-state index in [-0.39, 0.29) is 35.0 Å². The Hall–Kier alpha value is -2.53. The molecule has 9 nitrogen and oxygen atoms in total. The summed E-state index contributed by atoms with van der Waals surface area (Å²) in [5.41, 5.74) is 0.971. The van der Waals surface area contributed by atoms with E-state index >= 15 is 0 Å². The molecule has 1 aromatic carbocycles. The Bertz CT molecular complexity index is 1110. The maximum absolute atomic E-state index is 12.6. The zero-order valence-corrected chi connectivity index (χ0v) is 17.2. The van der Waals surface area contributed by atoms with Crippen LogP contribution in [0.25, 0.3) is 0 Å². The Labute approximate surface area is 173 Å². The van der Waals surface area contributed by atoms with Crippen LogP contribution in [-0.4, -0.2) is 46.3 Å². The largest absolute Gasteiger partial charge is 0.462 e. The topological polar surface area (TPSA) is 130 Å². The predicted molar refractivity (Wildman–Crippen MR) is 105 cm³/mol. The van der Waals surface area contributed by atoms with Crippen molar-refractivity contribution in [2.75, 3.05) is 6.54 Å². The number of benzene rings is 1. The molecule has 2 aromatic heterocycles. The summed E-state index contributed by atoms with van der Waals surface area (Å²) in [6.07, 6.45) is -0.186. The second-order valence-electron chi connectivity index (χ2n) is 7.48. The third-order valence-corrected chi connectivity index (χ3v) is 6.71. The average Bonchev–Trinajstić information content (AvgIpc) is 3.42. The van der Waals surface area contributed by atoms with Gasteiger partial charge in [-0.25, -0.2) is 8.42 Å². The highest BCUT2D eigenvalue weighted by molar-refractivity contribution is 7.90. The van der Waals surface area contributed by atoms with Crippen LogP contribution >= 0.6 is 0 Å². The van der Waals surface area contributed by atoms with E-state index in [2.05, 4.69) is 10.1 Å². The lowest BCUT2D eigenvalue weighted by Crippen LogP contribution is -2.24. The summed E-state index contributed by atoms with van der Waals surface area (Å²) in [6.45, 7) is 2.48. The van der Waals surface area contributed by atoms with E-state index in [1.165, 1.54) is 0 Å². The second-order valence-corrected chi connectivity index (χ2v) is 9.47. The molecular weight excluding hydrogens is 410 g/mol. The zero-order valence-electron chi connectivity index (χ0n) is 16.4. The van der Waals surface area contributed by atoms with Crippen LogP contribution in [0.15, 0.2) is 50.2 Å². The van der Waals surface area contributed by atoms with E-state index < -0.39 is 15.9 Å². The van der Waals surface area contributed by atoms with Gasteiger partial charge in [-0.05, 0) is 37.6 Å². The molecule has 0 bridgehead atoms. The number of aliphatic hydroxyl groups excluding tert-OH is 2. The van der Waals surface area contributed by atoms with Crippen molar-refractivity contribution in [3.8, 4) is 0 Å². The number of furan rings is 1.